The van der Waals surface area contributed by atoms with Crippen LogP contribution in [0.4, 0.5) is 4.39 Å². The fraction of sp³-hybridized carbons (Fsp3) is 0.400. The highest BCUT2D eigenvalue weighted by Crippen LogP contribution is 2.24. The van der Waals surface area contributed by atoms with Crippen molar-refractivity contribution in [2.75, 3.05) is 20.1 Å². The molecule has 1 aliphatic heterocycles. The number of benzene rings is 1. The van der Waals surface area contributed by atoms with Crippen LogP contribution in [-0.4, -0.2) is 36.0 Å². The van der Waals surface area contributed by atoms with Crippen molar-refractivity contribution in [3.8, 4) is 11.5 Å². The molecule has 0 saturated carbocycles. The summed E-state index contributed by atoms with van der Waals surface area (Å²) in [6, 6.07) is 8.48. The number of hydrogen-bond acceptors (Lipinski definition) is 3. The summed E-state index contributed by atoms with van der Waals surface area (Å²) < 4.78 is 19.9. The lowest BCUT2D eigenvalue weighted by atomic mass is 10.0. The Balaban J connectivity index is 0.00000261. The summed E-state index contributed by atoms with van der Waals surface area (Å²) in [7, 11) is 1.78. The lowest BCUT2D eigenvalue weighted by molar-refractivity contribution is 0.266. The number of pyridine rings is 1. The van der Waals surface area contributed by atoms with Crippen LogP contribution in [0.3, 0.4) is 0 Å². The Morgan fingerprint density at radius 1 is 1.41 bits per heavy atom. The molecule has 1 fully saturated rings. The second kappa shape index (κ2) is 10.4. The second-order valence-electron chi connectivity index (χ2n) is 6.65. The zero-order valence-electron chi connectivity index (χ0n) is 15.7. The molecule has 0 aliphatic carbocycles. The smallest absolute Gasteiger partial charge is 0.193 e. The number of guanidine groups is 1. The molecule has 7 heteroatoms. The van der Waals surface area contributed by atoms with Gasteiger partial charge in [0.1, 0.15) is 5.75 Å². The van der Waals surface area contributed by atoms with Crippen molar-refractivity contribution >= 4 is 29.9 Å². The summed E-state index contributed by atoms with van der Waals surface area (Å²) in [6.45, 7) is 4.79. The Kier molecular flexibility index (Phi) is 8.27. The number of nitrogens with one attached hydrogen (secondary N) is 1. The van der Waals surface area contributed by atoms with Gasteiger partial charge >= 0.3 is 0 Å². The quantitative estimate of drug-likeness (QED) is 0.396. The van der Waals surface area contributed by atoms with Gasteiger partial charge in [-0.3, -0.25) is 9.98 Å². The van der Waals surface area contributed by atoms with Crippen molar-refractivity contribution in [3.63, 3.8) is 0 Å². The van der Waals surface area contributed by atoms with E-state index in [1.54, 1.807) is 37.6 Å². The highest BCUT2D eigenvalue weighted by molar-refractivity contribution is 14.0. The first-order valence-electron chi connectivity index (χ1n) is 8.97. The van der Waals surface area contributed by atoms with Crippen LogP contribution in [0.5, 0.6) is 11.5 Å². The fourth-order valence-corrected chi connectivity index (χ4v) is 3.17. The Hall–Kier alpha value is -1.90. The number of aromatic nitrogens is 1. The molecule has 1 aromatic carbocycles. The first-order chi connectivity index (χ1) is 12.7. The van der Waals surface area contributed by atoms with Gasteiger partial charge in [-0.2, -0.15) is 0 Å². The number of ether oxygens (including phenoxy) is 1. The zero-order chi connectivity index (χ0) is 18.4. The normalized spacial score (nSPS) is 17.2. The molecule has 1 aliphatic rings. The van der Waals surface area contributed by atoms with E-state index in [0.717, 1.165) is 24.6 Å². The fourth-order valence-electron chi connectivity index (χ4n) is 3.17. The van der Waals surface area contributed by atoms with Gasteiger partial charge in [-0.15, -0.1) is 24.0 Å². The maximum absolute atomic E-state index is 14.3. The summed E-state index contributed by atoms with van der Waals surface area (Å²) >= 11 is 0. The molecule has 1 saturated heterocycles. The average Bonchev–Trinajstić information content (AvgIpc) is 2.65. The first kappa shape index (κ1) is 21.4. The van der Waals surface area contributed by atoms with Crippen molar-refractivity contribution in [2.24, 2.45) is 10.9 Å². The Labute approximate surface area is 177 Å². The molecule has 3 rings (SSSR count). The highest BCUT2D eigenvalue weighted by Gasteiger charge is 2.19. The van der Waals surface area contributed by atoms with Gasteiger partial charge in [-0.1, -0.05) is 13.0 Å². The molecule has 5 nitrogen and oxygen atoms in total. The molecule has 1 unspecified atom stereocenters. The summed E-state index contributed by atoms with van der Waals surface area (Å²) in [5.41, 5.74) is 0.840. The standard InChI is InChI=1S/C20H25FN4O.HI/c1-15-5-4-10-25(14-15)20(22-2)24-12-16-7-8-19(18(21)11-16)26-17-6-3-9-23-13-17;/h3,6-9,11,13,15H,4-5,10,12,14H2,1-2H3,(H,22,24);1H. The number of aliphatic imine (C=N–C) groups is 1. The summed E-state index contributed by atoms with van der Waals surface area (Å²) in [6.07, 6.45) is 5.64. The third-order valence-electron chi connectivity index (χ3n) is 4.48. The highest BCUT2D eigenvalue weighted by atomic mass is 127. The Morgan fingerprint density at radius 3 is 2.93 bits per heavy atom. The van der Waals surface area contributed by atoms with E-state index in [9.17, 15) is 4.39 Å². The van der Waals surface area contributed by atoms with Crippen molar-refractivity contribution in [2.45, 2.75) is 26.3 Å². The SMILES string of the molecule is CN=C(NCc1ccc(Oc2cccnc2)c(F)c1)N1CCCC(C)C1.I. The van der Waals surface area contributed by atoms with E-state index < -0.39 is 5.82 Å². The summed E-state index contributed by atoms with van der Waals surface area (Å²) in [5.74, 6) is 1.85. The van der Waals surface area contributed by atoms with E-state index in [1.807, 2.05) is 6.07 Å². The van der Waals surface area contributed by atoms with Crippen LogP contribution in [0.2, 0.25) is 0 Å². The number of rotatable bonds is 4. The minimum absolute atomic E-state index is 0. The molecule has 0 amide bonds. The van der Waals surface area contributed by atoms with E-state index in [0.29, 0.717) is 18.2 Å². The maximum atomic E-state index is 14.3. The molecular formula is C20H26FIN4O. The number of hydrogen-bond donors (Lipinski definition) is 1. The van der Waals surface area contributed by atoms with Gasteiger partial charge in [0.2, 0.25) is 0 Å². The van der Waals surface area contributed by atoms with Crippen molar-refractivity contribution in [3.05, 3.63) is 54.1 Å². The number of nitrogens with zero attached hydrogens (tertiary/aromatic N) is 3. The Morgan fingerprint density at radius 2 is 2.26 bits per heavy atom. The van der Waals surface area contributed by atoms with Crippen LogP contribution >= 0.6 is 24.0 Å². The third-order valence-corrected chi connectivity index (χ3v) is 4.48. The topological polar surface area (TPSA) is 49.8 Å². The Bertz CT molecular complexity index is 757. The van der Waals surface area contributed by atoms with Crippen molar-refractivity contribution in [1.29, 1.82) is 0 Å². The molecule has 0 spiro atoms. The van der Waals surface area contributed by atoms with Gasteiger partial charge in [0.15, 0.2) is 17.5 Å². The third kappa shape index (κ3) is 6.05. The van der Waals surface area contributed by atoms with E-state index >= 15 is 0 Å². The first-order valence-corrected chi connectivity index (χ1v) is 8.97. The molecule has 2 heterocycles. The van der Waals surface area contributed by atoms with Crippen LogP contribution < -0.4 is 10.1 Å². The molecule has 1 aromatic heterocycles. The predicted octanol–water partition coefficient (Wildman–Crippen LogP) is 4.44. The van der Waals surface area contributed by atoms with Crippen LogP contribution in [0, 0.1) is 11.7 Å². The van der Waals surface area contributed by atoms with E-state index in [-0.39, 0.29) is 29.7 Å². The van der Waals surface area contributed by atoms with Gasteiger partial charge in [-0.25, -0.2) is 4.39 Å². The average molecular weight is 484 g/mol. The molecule has 1 atom stereocenters. The molecule has 0 bridgehead atoms. The van der Waals surface area contributed by atoms with Gasteiger partial charge in [0, 0.05) is 32.9 Å². The van der Waals surface area contributed by atoms with Gasteiger partial charge < -0.3 is 15.0 Å². The molecule has 146 valence electrons. The molecular weight excluding hydrogens is 458 g/mol. The monoisotopic (exact) mass is 484 g/mol. The number of likely N-dealkylation sites (tertiary alicyclic amines) is 1. The predicted molar refractivity (Wildman–Crippen MR) is 116 cm³/mol. The summed E-state index contributed by atoms with van der Waals surface area (Å²) in [5, 5.41) is 3.33. The van der Waals surface area contributed by atoms with Crippen LogP contribution in [0.1, 0.15) is 25.3 Å². The number of piperidine rings is 1. The second-order valence-corrected chi connectivity index (χ2v) is 6.65. The molecule has 1 N–H and O–H groups in total. The van der Waals surface area contributed by atoms with Crippen molar-refractivity contribution in [1.82, 2.24) is 15.2 Å². The van der Waals surface area contributed by atoms with Gasteiger partial charge in [-0.05, 0) is 48.6 Å². The van der Waals surface area contributed by atoms with Crippen molar-refractivity contribution < 1.29 is 9.13 Å². The lowest BCUT2D eigenvalue weighted by Gasteiger charge is -2.33. The lowest BCUT2D eigenvalue weighted by Crippen LogP contribution is -2.45. The van der Waals surface area contributed by atoms with Gasteiger partial charge in [0.05, 0.1) is 6.20 Å². The van der Waals surface area contributed by atoms with Crippen LogP contribution in [0.25, 0.3) is 0 Å². The largest absolute Gasteiger partial charge is 0.453 e. The number of halogens is 2. The van der Waals surface area contributed by atoms with E-state index in [1.165, 1.54) is 18.9 Å². The molecule has 27 heavy (non-hydrogen) atoms. The van der Waals surface area contributed by atoms with Crippen LogP contribution in [0.15, 0.2) is 47.7 Å². The summed E-state index contributed by atoms with van der Waals surface area (Å²) in [4.78, 5) is 10.6. The van der Waals surface area contributed by atoms with Gasteiger partial charge in [0.25, 0.3) is 0 Å². The molecule has 0 radical (unpaired) electrons. The minimum atomic E-state index is -0.394. The van der Waals surface area contributed by atoms with E-state index in [4.69, 9.17) is 4.74 Å². The minimum Gasteiger partial charge on any atom is -0.453 e. The van der Waals surface area contributed by atoms with E-state index in [2.05, 4.69) is 27.1 Å². The maximum Gasteiger partial charge on any atom is 0.193 e. The van der Waals surface area contributed by atoms with Crippen LogP contribution in [-0.2, 0) is 6.54 Å². The molecule has 2 aromatic rings. The zero-order valence-corrected chi connectivity index (χ0v) is 18.0.